The number of piperazine rings is 1. The van der Waals surface area contributed by atoms with Gasteiger partial charge in [-0.05, 0) is 6.07 Å². The van der Waals surface area contributed by atoms with Crippen LogP contribution in [0, 0.1) is 0 Å². The number of aryl methyl sites for hydroxylation is 1. The molecule has 0 aromatic carbocycles. The summed E-state index contributed by atoms with van der Waals surface area (Å²) in [4.78, 5) is 35.5. The van der Waals surface area contributed by atoms with E-state index in [1.165, 1.54) is 11.3 Å². The average molecular weight is 386 g/mol. The van der Waals surface area contributed by atoms with Crippen molar-refractivity contribution in [2.24, 2.45) is 7.05 Å². The first-order valence-electron chi connectivity index (χ1n) is 8.03. The molecule has 1 fully saturated rings. The zero-order valence-corrected chi connectivity index (χ0v) is 15.5. The van der Waals surface area contributed by atoms with E-state index in [-0.39, 0.29) is 18.4 Å². The fraction of sp³-hybridized carbons (Fsp3) is 0.250. The van der Waals surface area contributed by atoms with Crippen LogP contribution in [0.4, 0.5) is 5.69 Å². The van der Waals surface area contributed by atoms with Crippen molar-refractivity contribution in [2.75, 3.05) is 24.5 Å². The summed E-state index contributed by atoms with van der Waals surface area (Å²) in [6.45, 7) is 1.04. The lowest BCUT2D eigenvalue weighted by molar-refractivity contribution is -0.120. The van der Waals surface area contributed by atoms with Crippen LogP contribution in [0.25, 0.3) is 15.3 Å². The number of thiazole rings is 1. The van der Waals surface area contributed by atoms with E-state index in [0.717, 1.165) is 21.0 Å². The first kappa shape index (κ1) is 15.5. The van der Waals surface area contributed by atoms with Gasteiger partial charge < -0.3 is 9.80 Å². The summed E-state index contributed by atoms with van der Waals surface area (Å²) in [5.74, 6) is -0.211. The summed E-state index contributed by atoms with van der Waals surface area (Å²) in [6, 6.07) is 1.87. The van der Waals surface area contributed by atoms with Crippen molar-refractivity contribution in [3.05, 3.63) is 34.9 Å². The lowest BCUT2D eigenvalue weighted by Crippen LogP contribution is -2.52. The van der Waals surface area contributed by atoms with Crippen molar-refractivity contribution in [1.82, 2.24) is 24.1 Å². The predicted molar refractivity (Wildman–Crippen MR) is 99.9 cm³/mol. The van der Waals surface area contributed by atoms with Gasteiger partial charge in [0, 0.05) is 37.9 Å². The Morgan fingerprint density at radius 1 is 1.31 bits per heavy atom. The molecular weight excluding hydrogens is 372 g/mol. The van der Waals surface area contributed by atoms with Gasteiger partial charge in [0.05, 0.1) is 22.3 Å². The molecule has 0 bridgehead atoms. The van der Waals surface area contributed by atoms with Crippen molar-refractivity contribution in [2.45, 2.75) is 0 Å². The van der Waals surface area contributed by atoms with Crippen LogP contribution in [0.5, 0.6) is 0 Å². The van der Waals surface area contributed by atoms with Crippen molar-refractivity contribution in [1.29, 1.82) is 0 Å². The first-order valence-corrected chi connectivity index (χ1v) is 9.73. The molecule has 0 saturated carbocycles. The Morgan fingerprint density at radius 2 is 2.19 bits per heavy atom. The molecule has 1 aliphatic rings. The van der Waals surface area contributed by atoms with Crippen LogP contribution in [-0.2, 0) is 11.8 Å². The minimum atomic E-state index is -0.115. The number of hydrogen-bond acceptors (Lipinski definition) is 6. The standard InChI is InChI=1S/C16H14N6O2S2/c1-19-8-10(7-17-19)21-3-2-20(9-13(21)23)15(24)12-6-11-14(26-12)18-16-22(11)4-5-25-16/h4-8H,2-3,9H2,1H3. The van der Waals surface area contributed by atoms with Gasteiger partial charge in [0.25, 0.3) is 5.91 Å². The first-order chi connectivity index (χ1) is 12.6. The number of carbonyl (C=O) groups is 2. The summed E-state index contributed by atoms with van der Waals surface area (Å²) >= 11 is 2.94. The maximum Gasteiger partial charge on any atom is 0.264 e. The molecule has 0 spiro atoms. The highest BCUT2D eigenvalue weighted by Gasteiger charge is 2.30. The number of imidazole rings is 1. The van der Waals surface area contributed by atoms with Gasteiger partial charge in [-0.1, -0.05) is 0 Å². The third-order valence-electron chi connectivity index (χ3n) is 4.46. The molecule has 1 saturated heterocycles. The van der Waals surface area contributed by atoms with Crippen molar-refractivity contribution < 1.29 is 9.59 Å². The van der Waals surface area contributed by atoms with E-state index in [4.69, 9.17) is 0 Å². The van der Waals surface area contributed by atoms with Gasteiger partial charge in [-0.2, -0.15) is 5.10 Å². The quantitative estimate of drug-likeness (QED) is 0.527. The Bertz CT molecular complexity index is 1150. The number of fused-ring (bicyclic) bond motifs is 3. The summed E-state index contributed by atoms with van der Waals surface area (Å²) < 4.78 is 3.64. The maximum absolute atomic E-state index is 12.8. The third kappa shape index (κ3) is 2.33. The highest BCUT2D eigenvalue weighted by atomic mass is 32.1. The second kappa shape index (κ2) is 5.64. The van der Waals surface area contributed by atoms with E-state index in [9.17, 15) is 9.59 Å². The largest absolute Gasteiger partial charge is 0.327 e. The summed E-state index contributed by atoms with van der Waals surface area (Å²) in [5, 5.41) is 6.07. The summed E-state index contributed by atoms with van der Waals surface area (Å²) in [7, 11) is 1.81. The van der Waals surface area contributed by atoms with Gasteiger partial charge >= 0.3 is 0 Å². The number of hydrogen-bond donors (Lipinski definition) is 0. The predicted octanol–water partition coefficient (Wildman–Crippen LogP) is 1.83. The molecule has 0 N–H and O–H groups in total. The Labute approximate surface area is 155 Å². The van der Waals surface area contributed by atoms with Crippen LogP contribution in [0.3, 0.4) is 0 Å². The molecule has 26 heavy (non-hydrogen) atoms. The fourth-order valence-corrected chi connectivity index (χ4v) is 4.94. The van der Waals surface area contributed by atoms with E-state index in [2.05, 4.69) is 10.1 Å². The molecule has 2 amide bonds. The van der Waals surface area contributed by atoms with Crippen molar-refractivity contribution in [3.63, 3.8) is 0 Å². The summed E-state index contributed by atoms with van der Waals surface area (Å²) in [5.41, 5.74) is 1.70. The Kier molecular flexibility index (Phi) is 3.37. The van der Waals surface area contributed by atoms with E-state index in [1.807, 2.05) is 29.1 Å². The van der Waals surface area contributed by atoms with Gasteiger partial charge in [0.1, 0.15) is 11.4 Å². The van der Waals surface area contributed by atoms with Crippen molar-refractivity contribution >= 4 is 55.5 Å². The lowest BCUT2D eigenvalue weighted by Gasteiger charge is -2.33. The topological polar surface area (TPSA) is 75.7 Å². The van der Waals surface area contributed by atoms with Crippen LogP contribution in [-0.4, -0.2) is 55.5 Å². The second-order valence-electron chi connectivity index (χ2n) is 6.11. The van der Waals surface area contributed by atoms with Gasteiger partial charge in [-0.3, -0.25) is 18.7 Å². The van der Waals surface area contributed by atoms with Crippen LogP contribution >= 0.6 is 22.7 Å². The van der Waals surface area contributed by atoms with Crippen molar-refractivity contribution in [3.8, 4) is 0 Å². The van der Waals surface area contributed by atoms with E-state index in [0.29, 0.717) is 18.0 Å². The molecule has 0 unspecified atom stereocenters. The number of anilines is 1. The maximum atomic E-state index is 12.8. The minimum Gasteiger partial charge on any atom is -0.327 e. The monoisotopic (exact) mass is 386 g/mol. The number of rotatable bonds is 2. The SMILES string of the molecule is Cn1cc(N2CCN(C(=O)c3cc4c(nc5sccn54)s3)CC2=O)cn1. The third-order valence-corrected chi connectivity index (χ3v) is 6.22. The number of thiophene rings is 1. The van der Waals surface area contributed by atoms with E-state index >= 15 is 0 Å². The minimum absolute atomic E-state index is 0.0737. The molecular formula is C16H14N6O2S2. The van der Waals surface area contributed by atoms with Gasteiger partial charge in [0.2, 0.25) is 5.91 Å². The highest BCUT2D eigenvalue weighted by Crippen LogP contribution is 2.29. The zero-order chi connectivity index (χ0) is 17.8. The fourth-order valence-electron chi connectivity index (χ4n) is 3.18. The molecule has 5 heterocycles. The lowest BCUT2D eigenvalue weighted by atomic mass is 10.2. The van der Waals surface area contributed by atoms with Gasteiger partial charge in [-0.25, -0.2) is 4.98 Å². The molecule has 1 aliphatic heterocycles. The molecule has 10 heteroatoms. The summed E-state index contributed by atoms with van der Waals surface area (Å²) in [6.07, 6.45) is 5.42. The molecule has 0 aliphatic carbocycles. The van der Waals surface area contributed by atoms with Gasteiger partial charge in [-0.15, -0.1) is 22.7 Å². The number of carbonyl (C=O) groups excluding carboxylic acids is 2. The molecule has 8 nitrogen and oxygen atoms in total. The smallest absolute Gasteiger partial charge is 0.264 e. The highest BCUT2D eigenvalue weighted by molar-refractivity contribution is 7.21. The van der Waals surface area contributed by atoms with Gasteiger partial charge in [0.15, 0.2) is 4.96 Å². The molecule has 4 aromatic heterocycles. The van der Waals surface area contributed by atoms with E-state index in [1.54, 1.807) is 38.2 Å². The Morgan fingerprint density at radius 3 is 2.96 bits per heavy atom. The van der Waals surface area contributed by atoms with Crippen LogP contribution in [0.15, 0.2) is 30.0 Å². The number of aromatic nitrogens is 4. The Balaban J connectivity index is 1.37. The van der Waals surface area contributed by atoms with E-state index < -0.39 is 0 Å². The van der Waals surface area contributed by atoms with Crippen LogP contribution in [0.2, 0.25) is 0 Å². The zero-order valence-electron chi connectivity index (χ0n) is 13.8. The second-order valence-corrected chi connectivity index (χ2v) is 8.02. The molecule has 132 valence electrons. The van der Waals surface area contributed by atoms with Crippen LogP contribution < -0.4 is 4.90 Å². The number of amides is 2. The average Bonchev–Trinajstić information content (AvgIpc) is 3.36. The molecule has 0 atom stereocenters. The molecule has 4 aromatic rings. The normalized spacial score (nSPS) is 15.5. The van der Waals surface area contributed by atoms with Crippen LogP contribution in [0.1, 0.15) is 9.67 Å². The Hall–Kier alpha value is -2.72. The molecule has 0 radical (unpaired) electrons. The molecule has 5 rings (SSSR count). The number of nitrogens with zero attached hydrogens (tertiary/aromatic N) is 6.